The van der Waals surface area contributed by atoms with Gasteiger partial charge in [0.1, 0.15) is 0 Å². The maximum atomic E-state index is 12.5. The third kappa shape index (κ3) is 3.44. The van der Waals surface area contributed by atoms with E-state index >= 15 is 0 Å². The highest BCUT2D eigenvalue weighted by Crippen LogP contribution is 2.18. The zero-order chi connectivity index (χ0) is 16.4. The van der Waals surface area contributed by atoms with Crippen LogP contribution in [0, 0.1) is 6.92 Å². The third-order valence-corrected chi connectivity index (χ3v) is 4.40. The van der Waals surface area contributed by atoms with Crippen molar-refractivity contribution < 1.29 is 4.79 Å². The number of piperidine rings is 1. The summed E-state index contributed by atoms with van der Waals surface area (Å²) in [5, 5.41) is 7.94. The number of aryl methyl sites for hydroxylation is 1. The predicted molar refractivity (Wildman–Crippen MR) is 87.5 cm³/mol. The van der Waals surface area contributed by atoms with Gasteiger partial charge >= 0.3 is 0 Å². The molecule has 1 fully saturated rings. The highest BCUT2D eigenvalue weighted by atomic mass is 35.5. The summed E-state index contributed by atoms with van der Waals surface area (Å²) in [5.74, 6) is 0.624. The normalized spacial score (nSPS) is 15.7. The van der Waals surface area contributed by atoms with Crippen LogP contribution in [0.25, 0.3) is 0 Å². The van der Waals surface area contributed by atoms with Crippen molar-refractivity contribution in [2.75, 3.05) is 18.4 Å². The summed E-state index contributed by atoms with van der Waals surface area (Å²) in [5.41, 5.74) is 1.57. The lowest BCUT2D eigenvalue weighted by molar-refractivity contribution is 0.0717. The fourth-order valence-corrected chi connectivity index (χ4v) is 2.77. The van der Waals surface area contributed by atoms with Crippen LogP contribution in [-0.4, -0.2) is 49.7 Å². The van der Waals surface area contributed by atoms with Gasteiger partial charge in [0.2, 0.25) is 5.95 Å². The summed E-state index contributed by atoms with van der Waals surface area (Å²) in [6, 6.07) is 0.259. The summed E-state index contributed by atoms with van der Waals surface area (Å²) >= 11 is 5.78. The molecule has 7 nitrogen and oxygen atoms in total. The first-order chi connectivity index (χ1) is 11.0. The Kier molecular flexibility index (Phi) is 4.47. The number of amides is 1. The topological polar surface area (TPSA) is 75.9 Å². The number of carbonyl (C=O) groups is 1. The number of nitrogens with one attached hydrogen (secondary N) is 1. The average molecular weight is 335 g/mol. The lowest BCUT2D eigenvalue weighted by atomic mass is 10.0. The van der Waals surface area contributed by atoms with Crippen molar-refractivity contribution in [1.29, 1.82) is 0 Å². The van der Waals surface area contributed by atoms with E-state index in [0.29, 0.717) is 29.6 Å². The Morgan fingerprint density at radius 2 is 1.91 bits per heavy atom. The fraction of sp³-hybridized carbons (Fsp3) is 0.467. The molecule has 3 heterocycles. The minimum Gasteiger partial charge on any atom is -0.351 e. The lowest BCUT2D eigenvalue weighted by Gasteiger charge is -2.32. The number of nitrogens with zero attached hydrogens (tertiary/aromatic N) is 5. The maximum absolute atomic E-state index is 12.5. The second kappa shape index (κ2) is 6.54. The molecular formula is C15H19ClN6O. The number of halogens is 1. The van der Waals surface area contributed by atoms with E-state index in [9.17, 15) is 4.79 Å². The van der Waals surface area contributed by atoms with Gasteiger partial charge in [0, 0.05) is 31.9 Å². The molecule has 1 aliphatic heterocycles. The quantitative estimate of drug-likeness (QED) is 0.927. The molecule has 0 atom stereocenters. The van der Waals surface area contributed by atoms with Crippen LogP contribution in [0.15, 0.2) is 18.6 Å². The van der Waals surface area contributed by atoms with Gasteiger partial charge in [-0.25, -0.2) is 9.97 Å². The van der Waals surface area contributed by atoms with Crippen LogP contribution in [0.4, 0.5) is 5.95 Å². The highest BCUT2D eigenvalue weighted by molar-refractivity contribution is 6.30. The Balaban J connectivity index is 1.57. The van der Waals surface area contributed by atoms with E-state index in [-0.39, 0.29) is 11.9 Å². The first kappa shape index (κ1) is 15.7. The smallest absolute Gasteiger partial charge is 0.257 e. The number of carbonyl (C=O) groups excluding carboxylic acids is 1. The zero-order valence-electron chi connectivity index (χ0n) is 13.2. The first-order valence-corrected chi connectivity index (χ1v) is 7.94. The molecule has 1 amide bonds. The summed E-state index contributed by atoms with van der Waals surface area (Å²) in [6.45, 7) is 3.32. The molecule has 8 heteroatoms. The Hall–Kier alpha value is -2.15. The van der Waals surface area contributed by atoms with Gasteiger partial charge in [-0.3, -0.25) is 9.48 Å². The van der Waals surface area contributed by atoms with Crippen LogP contribution in [0.2, 0.25) is 5.02 Å². The van der Waals surface area contributed by atoms with E-state index in [1.807, 2.05) is 18.9 Å². The minimum absolute atomic E-state index is 0.0526. The van der Waals surface area contributed by atoms with Gasteiger partial charge in [-0.2, -0.15) is 5.10 Å². The number of hydrogen-bond donors (Lipinski definition) is 1. The molecule has 0 bridgehead atoms. The molecule has 23 heavy (non-hydrogen) atoms. The molecule has 0 spiro atoms. The second-order valence-corrected chi connectivity index (χ2v) is 6.14. The molecule has 0 radical (unpaired) electrons. The van der Waals surface area contributed by atoms with Crippen molar-refractivity contribution in [3.05, 3.63) is 34.9 Å². The molecule has 0 aliphatic carbocycles. The second-order valence-electron chi connectivity index (χ2n) is 5.70. The van der Waals surface area contributed by atoms with Crippen LogP contribution in [0.3, 0.4) is 0 Å². The molecule has 2 aromatic rings. The Labute approximate surface area is 139 Å². The van der Waals surface area contributed by atoms with E-state index in [1.165, 1.54) is 0 Å². The largest absolute Gasteiger partial charge is 0.351 e. The van der Waals surface area contributed by atoms with Crippen LogP contribution in [0.5, 0.6) is 0 Å². The minimum atomic E-state index is 0.0526. The zero-order valence-corrected chi connectivity index (χ0v) is 13.9. The molecule has 1 aliphatic rings. The predicted octanol–water partition coefficient (Wildman–Crippen LogP) is 1.89. The molecule has 0 aromatic carbocycles. The van der Waals surface area contributed by atoms with E-state index in [0.717, 1.165) is 18.5 Å². The van der Waals surface area contributed by atoms with Crippen LogP contribution >= 0.6 is 11.6 Å². The number of anilines is 1. The van der Waals surface area contributed by atoms with Gasteiger partial charge < -0.3 is 10.2 Å². The molecule has 3 rings (SSSR count). The lowest BCUT2D eigenvalue weighted by Crippen LogP contribution is -2.42. The summed E-state index contributed by atoms with van der Waals surface area (Å²) in [4.78, 5) is 22.7. The van der Waals surface area contributed by atoms with E-state index < -0.39 is 0 Å². The summed E-state index contributed by atoms with van der Waals surface area (Å²) in [7, 11) is 1.84. The van der Waals surface area contributed by atoms with Gasteiger partial charge in [0.15, 0.2) is 0 Å². The summed E-state index contributed by atoms with van der Waals surface area (Å²) in [6.07, 6.45) is 6.50. The number of aromatic nitrogens is 4. The van der Waals surface area contributed by atoms with E-state index in [1.54, 1.807) is 23.3 Å². The average Bonchev–Trinajstić information content (AvgIpc) is 2.89. The van der Waals surface area contributed by atoms with Gasteiger partial charge in [-0.15, -0.1) is 0 Å². The van der Waals surface area contributed by atoms with Gasteiger partial charge in [-0.1, -0.05) is 11.6 Å². The molecule has 0 saturated carbocycles. The number of rotatable bonds is 3. The van der Waals surface area contributed by atoms with Gasteiger partial charge in [0.05, 0.1) is 29.2 Å². The SMILES string of the molecule is Cc1c(C(=O)N2CCC(Nc3ncc(Cl)cn3)CC2)cnn1C. The van der Waals surface area contributed by atoms with Crippen molar-refractivity contribution in [2.45, 2.75) is 25.8 Å². The fourth-order valence-electron chi connectivity index (χ4n) is 2.68. The van der Waals surface area contributed by atoms with Crippen molar-refractivity contribution in [3.63, 3.8) is 0 Å². The number of likely N-dealkylation sites (tertiary alicyclic amines) is 1. The maximum Gasteiger partial charge on any atom is 0.257 e. The first-order valence-electron chi connectivity index (χ1n) is 7.56. The molecule has 2 aromatic heterocycles. The van der Waals surface area contributed by atoms with Crippen LogP contribution < -0.4 is 5.32 Å². The summed E-state index contributed by atoms with van der Waals surface area (Å²) < 4.78 is 1.72. The van der Waals surface area contributed by atoms with E-state index in [4.69, 9.17) is 11.6 Å². The van der Waals surface area contributed by atoms with Crippen molar-refractivity contribution in [2.24, 2.45) is 7.05 Å². The Morgan fingerprint density at radius 3 is 2.48 bits per heavy atom. The molecule has 1 saturated heterocycles. The Bertz CT molecular complexity index is 690. The van der Waals surface area contributed by atoms with E-state index in [2.05, 4.69) is 20.4 Å². The van der Waals surface area contributed by atoms with Gasteiger partial charge in [0.25, 0.3) is 5.91 Å². The van der Waals surface area contributed by atoms with Crippen molar-refractivity contribution in [3.8, 4) is 0 Å². The van der Waals surface area contributed by atoms with Crippen LogP contribution in [0.1, 0.15) is 28.9 Å². The van der Waals surface area contributed by atoms with Crippen molar-refractivity contribution >= 4 is 23.5 Å². The number of hydrogen-bond acceptors (Lipinski definition) is 5. The molecule has 0 unspecified atom stereocenters. The molecular weight excluding hydrogens is 316 g/mol. The Morgan fingerprint density at radius 1 is 1.26 bits per heavy atom. The highest BCUT2D eigenvalue weighted by Gasteiger charge is 2.25. The van der Waals surface area contributed by atoms with Crippen LogP contribution in [-0.2, 0) is 7.05 Å². The standard InChI is InChI=1S/C15H19ClN6O/c1-10-13(9-19-21(10)2)14(23)22-5-3-12(4-6-22)20-15-17-7-11(16)8-18-15/h7-9,12H,3-6H2,1-2H3,(H,17,18,20). The molecule has 122 valence electrons. The third-order valence-electron chi connectivity index (χ3n) is 4.20. The molecule has 1 N–H and O–H groups in total. The van der Waals surface area contributed by atoms with Gasteiger partial charge in [-0.05, 0) is 19.8 Å². The monoisotopic (exact) mass is 334 g/mol. The van der Waals surface area contributed by atoms with Crippen molar-refractivity contribution in [1.82, 2.24) is 24.6 Å².